The fourth-order valence-corrected chi connectivity index (χ4v) is 6.32. The topological polar surface area (TPSA) is 9.72 Å². The van der Waals surface area contributed by atoms with Crippen LogP contribution in [-0.2, 0) is 0 Å². The molecule has 1 aromatic carbocycles. The minimum atomic E-state index is 0. The SMILES string of the molecule is CCCCN1CCN(c2ccc(N3CCCCC3)cc2C2CCC3(CC2)CC3)CC1.Cl. The van der Waals surface area contributed by atoms with E-state index in [1.165, 1.54) is 122 Å². The van der Waals surface area contributed by atoms with E-state index in [0.717, 1.165) is 11.3 Å². The van der Waals surface area contributed by atoms with Crippen LogP contribution in [0.2, 0.25) is 0 Å². The zero-order valence-corrected chi connectivity index (χ0v) is 20.6. The van der Waals surface area contributed by atoms with Crippen molar-refractivity contribution >= 4 is 23.8 Å². The molecule has 0 atom stereocenters. The third kappa shape index (κ3) is 5.36. The normalized spacial score (nSPS) is 24.3. The van der Waals surface area contributed by atoms with Gasteiger partial charge in [0.25, 0.3) is 0 Å². The van der Waals surface area contributed by atoms with Crippen LogP contribution in [0.25, 0.3) is 0 Å². The Kier molecular flexibility index (Phi) is 7.75. The Morgan fingerprint density at radius 1 is 0.839 bits per heavy atom. The van der Waals surface area contributed by atoms with E-state index in [-0.39, 0.29) is 12.4 Å². The highest BCUT2D eigenvalue weighted by atomic mass is 35.5. The first-order valence-corrected chi connectivity index (χ1v) is 13.1. The third-order valence-electron chi connectivity index (χ3n) is 8.72. The lowest BCUT2D eigenvalue weighted by Crippen LogP contribution is -2.47. The van der Waals surface area contributed by atoms with Crippen molar-refractivity contribution < 1.29 is 0 Å². The minimum Gasteiger partial charge on any atom is -0.372 e. The number of unbranched alkanes of at least 4 members (excludes halogenated alkanes) is 1. The lowest BCUT2D eigenvalue weighted by molar-refractivity contribution is 0.253. The third-order valence-corrected chi connectivity index (χ3v) is 8.72. The van der Waals surface area contributed by atoms with E-state index in [2.05, 4.69) is 39.8 Å². The predicted molar refractivity (Wildman–Crippen MR) is 136 cm³/mol. The van der Waals surface area contributed by atoms with Crippen LogP contribution in [0, 0.1) is 5.41 Å². The average molecular weight is 446 g/mol. The van der Waals surface area contributed by atoms with Crippen molar-refractivity contribution in [2.24, 2.45) is 5.41 Å². The number of nitrogens with zero attached hydrogens (tertiary/aromatic N) is 3. The van der Waals surface area contributed by atoms with Gasteiger partial charge >= 0.3 is 0 Å². The van der Waals surface area contributed by atoms with Crippen LogP contribution in [-0.4, -0.2) is 50.7 Å². The fourth-order valence-electron chi connectivity index (χ4n) is 6.32. The van der Waals surface area contributed by atoms with Gasteiger partial charge in [-0.1, -0.05) is 13.3 Å². The summed E-state index contributed by atoms with van der Waals surface area (Å²) in [5.41, 5.74) is 5.55. The smallest absolute Gasteiger partial charge is 0.0404 e. The van der Waals surface area contributed by atoms with E-state index in [4.69, 9.17) is 0 Å². The molecule has 3 nitrogen and oxygen atoms in total. The van der Waals surface area contributed by atoms with Gasteiger partial charge in [-0.2, -0.15) is 0 Å². The molecular weight excluding hydrogens is 402 g/mol. The zero-order chi connectivity index (χ0) is 20.4. The molecule has 2 saturated carbocycles. The molecule has 4 heteroatoms. The number of piperidine rings is 1. The summed E-state index contributed by atoms with van der Waals surface area (Å²) >= 11 is 0. The Morgan fingerprint density at radius 2 is 1.55 bits per heavy atom. The Balaban J connectivity index is 0.00000231. The minimum absolute atomic E-state index is 0. The molecule has 0 radical (unpaired) electrons. The van der Waals surface area contributed by atoms with Crippen molar-refractivity contribution in [3.05, 3.63) is 23.8 Å². The summed E-state index contributed by atoms with van der Waals surface area (Å²) < 4.78 is 0. The molecule has 2 aliphatic heterocycles. The van der Waals surface area contributed by atoms with Crippen LogP contribution in [0.5, 0.6) is 0 Å². The number of anilines is 2. The van der Waals surface area contributed by atoms with Crippen molar-refractivity contribution in [2.45, 2.75) is 83.5 Å². The number of halogens is 1. The van der Waals surface area contributed by atoms with Crippen LogP contribution in [0.1, 0.15) is 89.0 Å². The molecule has 0 amide bonds. The lowest BCUT2D eigenvalue weighted by Gasteiger charge is -2.39. The Labute approximate surface area is 197 Å². The van der Waals surface area contributed by atoms with Crippen molar-refractivity contribution in [3.8, 4) is 0 Å². The largest absolute Gasteiger partial charge is 0.372 e. The molecule has 1 aromatic rings. The van der Waals surface area contributed by atoms with Crippen LogP contribution in [0.3, 0.4) is 0 Å². The van der Waals surface area contributed by atoms with Crippen molar-refractivity contribution in [2.75, 3.05) is 55.6 Å². The first-order valence-electron chi connectivity index (χ1n) is 13.1. The Morgan fingerprint density at radius 3 is 2.19 bits per heavy atom. The van der Waals surface area contributed by atoms with Crippen molar-refractivity contribution in [3.63, 3.8) is 0 Å². The van der Waals surface area contributed by atoms with Gasteiger partial charge in [0.05, 0.1) is 0 Å². The molecule has 1 spiro atoms. The van der Waals surface area contributed by atoms with Gasteiger partial charge in [0.2, 0.25) is 0 Å². The van der Waals surface area contributed by atoms with Crippen LogP contribution < -0.4 is 9.80 Å². The number of benzene rings is 1. The van der Waals surface area contributed by atoms with Crippen LogP contribution >= 0.6 is 12.4 Å². The second-order valence-electron chi connectivity index (χ2n) is 10.7. The number of hydrogen-bond acceptors (Lipinski definition) is 3. The summed E-state index contributed by atoms with van der Waals surface area (Å²) in [6.07, 6.45) is 15.6. The molecule has 2 saturated heterocycles. The van der Waals surface area contributed by atoms with E-state index < -0.39 is 0 Å². The highest BCUT2D eigenvalue weighted by Crippen LogP contribution is 2.59. The highest BCUT2D eigenvalue weighted by molar-refractivity contribution is 5.85. The first kappa shape index (κ1) is 23.2. The molecule has 2 aliphatic carbocycles. The van der Waals surface area contributed by atoms with Crippen LogP contribution in [0.15, 0.2) is 18.2 Å². The van der Waals surface area contributed by atoms with E-state index >= 15 is 0 Å². The van der Waals surface area contributed by atoms with Gasteiger partial charge in [0.15, 0.2) is 0 Å². The number of piperazine rings is 1. The number of rotatable bonds is 6. The number of hydrogen-bond donors (Lipinski definition) is 0. The summed E-state index contributed by atoms with van der Waals surface area (Å²) in [7, 11) is 0. The summed E-state index contributed by atoms with van der Waals surface area (Å²) in [6, 6.07) is 7.57. The average Bonchev–Trinajstić information content (AvgIpc) is 3.57. The second-order valence-corrected chi connectivity index (χ2v) is 10.7. The Bertz CT molecular complexity index is 692. The van der Waals surface area contributed by atoms with E-state index in [9.17, 15) is 0 Å². The molecule has 4 aliphatic rings. The molecular formula is C27H44ClN3. The van der Waals surface area contributed by atoms with E-state index in [1.807, 2.05) is 0 Å². The molecule has 0 bridgehead atoms. The summed E-state index contributed by atoms with van der Waals surface area (Å²) in [6.45, 7) is 11.0. The quantitative estimate of drug-likeness (QED) is 0.497. The molecule has 5 rings (SSSR count). The maximum atomic E-state index is 2.72. The fraction of sp³-hybridized carbons (Fsp3) is 0.778. The molecule has 0 aromatic heterocycles. The predicted octanol–water partition coefficient (Wildman–Crippen LogP) is 6.46. The van der Waals surface area contributed by atoms with Crippen molar-refractivity contribution in [1.29, 1.82) is 0 Å². The summed E-state index contributed by atoms with van der Waals surface area (Å²) in [5.74, 6) is 0.786. The van der Waals surface area contributed by atoms with Crippen LogP contribution in [0.4, 0.5) is 11.4 Å². The summed E-state index contributed by atoms with van der Waals surface area (Å²) in [5, 5.41) is 0. The van der Waals surface area contributed by atoms with Gasteiger partial charge < -0.3 is 9.80 Å². The maximum absolute atomic E-state index is 2.72. The van der Waals surface area contributed by atoms with Gasteiger partial charge in [-0.05, 0) is 106 Å². The Hall–Kier alpha value is -0.930. The van der Waals surface area contributed by atoms with Gasteiger partial charge in [-0.3, -0.25) is 4.90 Å². The van der Waals surface area contributed by atoms with E-state index in [1.54, 1.807) is 11.3 Å². The lowest BCUT2D eigenvalue weighted by atomic mass is 9.76. The van der Waals surface area contributed by atoms with E-state index in [0.29, 0.717) is 0 Å². The second kappa shape index (κ2) is 10.3. The molecule has 174 valence electrons. The molecule has 0 unspecified atom stereocenters. The molecule has 4 fully saturated rings. The standard InChI is InChI=1S/C27H43N3.ClH/c1-2-3-15-28-18-20-30(21-19-28)26-8-7-24(29-16-5-4-6-17-29)22-25(26)23-9-11-27(12-10-23)13-14-27;/h7-8,22-23H,2-6,9-21H2,1H3;1H. The van der Waals surface area contributed by atoms with Gasteiger partial charge in [0, 0.05) is 50.6 Å². The monoisotopic (exact) mass is 445 g/mol. The van der Waals surface area contributed by atoms with Gasteiger partial charge in [-0.15, -0.1) is 12.4 Å². The maximum Gasteiger partial charge on any atom is 0.0404 e. The zero-order valence-electron chi connectivity index (χ0n) is 19.8. The molecule has 2 heterocycles. The molecule has 0 N–H and O–H groups in total. The summed E-state index contributed by atoms with van der Waals surface area (Å²) in [4.78, 5) is 8.06. The van der Waals surface area contributed by atoms with Crippen molar-refractivity contribution in [1.82, 2.24) is 4.90 Å². The van der Waals surface area contributed by atoms with Gasteiger partial charge in [0.1, 0.15) is 0 Å². The van der Waals surface area contributed by atoms with Gasteiger partial charge in [-0.25, -0.2) is 0 Å². The first-order chi connectivity index (χ1) is 14.8. The highest BCUT2D eigenvalue weighted by Gasteiger charge is 2.45. The molecule has 31 heavy (non-hydrogen) atoms.